The first-order valence-corrected chi connectivity index (χ1v) is 10.5. The number of unbranched alkanes of at least 4 members (excludes halogenated alkanes) is 3. The highest BCUT2D eigenvalue weighted by molar-refractivity contribution is 8.07. The summed E-state index contributed by atoms with van der Waals surface area (Å²) in [4.78, 5) is 0. The van der Waals surface area contributed by atoms with Gasteiger partial charge in [0.05, 0.1) is 26.7 Å². The van der Waals surface area contributed by atoms with Crippen molar-refractivity contribution < 1.29 is 29.1 Å². The maximum atomic E-state index is 11.1. The Morgan fingerprint density at radius 2 is 1.00 bits per heavy atom. The van der Waals surface area contributed by atoms with Crippen LogP contribution in [0.5, 0.6) is 0 Å². The molecule has 0 rings (SSSR count). The van der Waals surface area contributed by atoms with Crippen molar-refractivity contribution in [2.45, 2.75) is 59.3 Å². The zero-order chi connectivity index (χ0) is 18.6. The van der Waals surface area contributed by atoms with Gasteiger partial charge >= 0.3 is 0 Å². The van der Waals surface area contributed by atoms with Gasteiger partial charge in [0.1, 0.15) is 0 Å². The molecule has 0 radical (unpaired) electrons. The highest BCUT2D eigenvalue weighted by Gasteiger charge is 2.18. The number of hydrogen-bond donors (Lipinski definition) is 0. The summed E-state index contributed by atoms with van der Waals surface area (Å²) in [6.45, 7) is 11.0. The van der Waals surface area contributed by atoms with Gasteiger partial charge in [0.2, 0.25) is 20.8 Å². The maximum absolute atomic E-state index is 11.1. The summed E-state index contributed by atoms with van der Waals surface area (Å²) in [6.07, 6.45) is 8.20. The molecule has 6 nitrogen and oxygen atoms in total. The van der Waals surface area contributed by atoms with Crippen LogP contribution in [0.2, 0.25) is 0 Å². The van der Waals surface area contributed by atoms with Crippen LogP contribution in [0.3, 0.4) is 0 Å². The minimum absolute atomic E-state index is 1.15. The topological polar surface area (TPSA) is 82.4 Å². The Bertz CT molecular complexity index is 444. The smallest absolute Gasteiger partial charge is 0.241 e. The van der Waals surface area contributed by atoms with E-state index in [0.717, 1.165) is 4.13 Å². The fourth-order valence-electron chi connectivity index (χ4n) is 2.06. The van der Waals surface area contributed by atoms with Crippen molar-refractivity contribution in [2.75, 3.05) is 26.7 Å². The van der Waals surface area contributed by atoms with Crippen molar-refractivity contribution in [2.24, 2.45) is 0 Å². The highest BCUT2D eigenvalue weighted by atomic mass is 32.3. The predicted molar refractivity (Wildman–Crippen MR) is 88.9 cm³/mol. The van der Waals surface area contributed by atoms with Crippen molar-refractivity contribution in [3.8, 4) is 0 Å². The second-order valence-corrected chi connectivity index (χ2v) is 7.99. The van der Waals surface area contributed by atoms with Gasteiger partial charge in [-0.1, -0.05) is 40.0 Å². The van der Waals surface area contributed by atoms with E-state index in [0.29, 0.717) is 0 Å². The van der Waals surface area contributed by atoms with Gasteiger partial charge in [0, 0.05) is 0 Å². The monoisotopic (exact) mass is 380 g/mol. The van der Waals surface area contributed by atoms with Gasteiger partial charge in [-0.15, -0.1) is 7.77 Å². The Kier molecular flexibility index (Phi) is 13.1. The molecule has 0 amide bonds. The van der Waals surface area contributed by atoms with Crippen LogP contribution in [0.15, 0.2) is 0 Å². The van der Waals surface area contributed by atoms with Gasteiger partial charge in [0.25, 0.3) is 0 Å². The standard InChI is InChI=1S/C13H30N.F2NO4S2/c1-5-8-11-14(4,12-9-6-2)13-10-7-3;1-8(4,5)3-9(2,6)7/h5-13H2,1-4H3;/q+1;-1. The molecule has 0 N–H and O–H groups in total. The second-order valence-electron chi connectivity index (χ2n) is 5.75. The number of quaternary nitrogens is 1. The molecule has 0 atom stereocenters. The van der Waals surface area contributed by atoms with E-state index in [9.17, 15) is 24.6 Å². The zero-order valence-corrected chi connectivity index (χ0v) is 16.1. The molecule has 0 heterocycles. The van der Waals surface area contributed by atoms with Crippen LogP contribution < -0.4 is 0 Å². The van der Waals surface area contributed by atoms with Crippen LogP contribution in [0.4, 0.5) is 7.77 Å². The first-order valence-electron chi connectivity index (χ1n) is 7.86. The largest absolute Gasteiger partial charge is 0.379 e. The normalized spacial score (nSPS) is 12.6. The van der Waals surface area contributed by atoms with Crippen LogP contribution >= 0.6 is 0 Å². The fraction of sp³-hybridized carbons (Fsp3) is 1.00. The summed E-state index contributed by atoms with van der Waals surface area (Å²) in [5, 5.41) is 0. The molecule has 0 aliphatic rings. The number of rotatable bonds is 11. The lowest BCUT2D eigenvalue weighted by molar-refractivity contribution is -0.910. The minimum atomic E-state index is -5.62. The first-order chi connectivity index (χ1) is 10.4. The van der Waals surface area contributed by atoms with Crippen LogP contribution in [-0.2, 0) is 20.8 Å². The van der Waals surface area contributed by atoms with E-state index in [2.05, 4.69) is 27.8 Å². The van der Waals surface area contributed by atoms with E-state index in [1.807, 2.05) is 0 Å². The Morgan fingerprint density at radius 3 is 1.13 bits per heavy atom. The Hall–Kier alpha value is -0.320. The lowest BCUT2D eigenvalue weighted by Gasteiger charge is -2.34. The third-order valence-corrected chi connectivity index (χ3v) is 4.76. The Morgan fingerprint density at radius 1 is 0.739 bits per heavy atom. The van der Waals surface area contributed by atoms with Crippen LogP contribution in [0.25, 0.3) is 4.13 Å². The Labute approximate surface area is 140 Å². The number of hydrogen-bond acceptors (Lipinski definition) is 4. The molecule has 0 aliphatic heterocycles. The highest BCUT2D eigenvalue weighted by Crippen LogP contribution is 2.11. The lowest BCUT2D eigenvalue weighted by Crippen LogP contribution is -2.46. The van der Waals surface area contributed by atoms with Crippen molar-refractivity contribution in [3.05, 3.63) is 4.13 Å². The van der Waals surface area contributed by atoms with Gasteiger partial charge in [-0.05, 0) is 19.3 Å². The van der Waals surface area contributed by atoms with E-state index < -0.39 is 20.8 Å². The molecule has 0 aromatic rings. The van der Waals surface area contributed by atoms with Gasteiger partial charge < -0.3 is 8.61 Å². The molecule has 0 fully saturated rings. The maximum Gasteiger partial charge on any atom is 0.241 e. The van der Waals surface area contributed by atoms with Crippen molar-refractivity contribution in [3.63, 3.8) is 0 Å². The minimum Gasteiger partial charge on any atom is -0.379 e. The quantitative estimate of drug-likeness (QED) is 0.405. The summed E-state index contributed by atoms with van der Waals surface area (Å²) in [5.41, 5.74) is 0. The third-order valence-electron chi connectivity index (χ3n) is 3.33. The summed E-state index contributed by atoms with van der Waals surface area (Å²) in [7, 11) is -8.79. The average Bonchev–Trinajstić information content (AvgIpc) is 2.37. The molecular formula is C13H30F2N2O4S2. The second kappa shape index (κ2) is 12.1. The number of halogens is 2. The molecule has 0 bridgehead atoms. The summed E-state index contributed by atoms with van der Waals surface area (Å²) < 4.78 is 61.4. The van der Waals surface area contributed by atoms with E-state index in [4.69, 9.17) is 0 Å². The summed E-state index contributed by atoms with van der Waals surface area (Å²) >= 11 is 0. The molecule has 0 unspecified atom stereocenters. The number of nitrogens with zero attached hydrogens (tertiary/aromatic N) is 2. The summed E-state index contributed by atoms with van der Waals surface area (Å²) in [5.74, 6) is 0. The van der Waals surface area contributed by atoms with Gasteiger partial charge in [-0.2, -0.15) is 0 Å². The molecular weight excluding hydrogens is 350 g/mol. The lowest BCUT2D eigenvalue weighted by atomic mass is 10.2. The zero-order valence-electron chi connectivity index (χ0n) is 14.5. The molecule has 0 aromatic carbocycles. The molecule has 10 heteroatoms. The molecule has 0 saturated heterocycles. The fourth-order valence-corrected chi connectivity index (χ4v) is 2.91. The van der Waals surface area contributed by atoms with Crippen molar-refractivity contribution >= 4 is 20.8 Å². The predicted octanol–water partition coefficient (Wildman–Crippen LogP) is 3.62. The molecule has 0 aliphatic carbocycles. The molecule has 0 saturated carbocycles. The van der Waals surface area contributed by atoms with Crippen molar-refractivity contribution in [1.29, 1.82) is 0 Å². The van der Waals surface area contributed by atoms with E-state index in [1.54, 1.807) is 0 Å². The molecule has 0 spiro atoms. The van der Waals surface area contributed by atoms with E-state index in [-0.39, 0.29) is 0 Å². The Balaban J connectivity index is 0. The van der Waals surface area contributed by atoms with Gasteiger partial charge in [0.15, 0.2) is 0 Å². The molecule has 23 heavy (non-hydrogen) atoms. The van der Waals surface area contributed by atoms with Crippen molar-refractivity contribution in [1.82, 2.24) is 0 Å². The van der Waals surface area contributed by atoms with Gasteiger partial charge in [-0.3, -0.25) is 0 Å². The first kappa shape index (κ1) is 24.9. The van der Waals surface area contributed by atoms with E-state index >= 15 is 0 Å². The summed E-state index contributed by atoms with van der Waals surface area (Å²) in [6, 6.07) is 0. The average molecular weight is 381 g/mol. The molecule has 142 valence electrons. The van der Waals surface area contributed by atoms with Crippen LogP contribution in [-0.4, -0.2) is 48.0 Å². The molecule has 0 aromatic heterocycles. The van der Waals surface area contributed by atoms with Crippen LogP contribution in [0, 0.1) is 0 Å². The van der Waals surface area contributed by atoms with Crippen LogP contribution in [0.1, 0.15) is 59.3 Å². The third kappa shape index (κ3) is 19.6. The SMILES string of the molecule is CCCC[N+](C)(CCCC)CCCC.O=S(=O)(F)[N-]S(=O)(=O)F. The van der Waals surface area contributed by atoms with Gasteiger partial charge in [-0.25, -0.2) is 16.8 Å². The van der Waals surface area contributed by atoms with E-state index in [1.165, 1.54) is 62.6 Å².